The first-order valence-corrected chi connectivity index (χ1v) is 11.1. The number of hydrogen-bond donors (Lipinski definition) is 0. The van der Waals surface area contributed by atoms with Crippen molar-refractivity contribution in [3.05, 3.63) is 30.6 Å². The van der Waals surface area contributed by atoms with Gasteiger partial charge < -0.3 is 9.80 Å². The summed E-state index contributed by atoms with van der Waals surface area (Å²) in [6, 6.07) is 8.73. The highest BCUT2D eigenvalue weighted by molar-refractivity contribution is 5.89. The molecule has 1 saturated carbocycles. The summed E-state index contributed by atoms with van der Waals surface area (Å²) in [4.78, 5) is 26.6. The van der Waals surface area contributed by atoms with Crippen molar-refractivity contribution < 1.29 is 4.79 Å². The number of piperidine rings is 1. The van der Waals surface area contributed by atoms with E-state index in [4.69, 9.17) is 0 Å². The van der Waals surface area contributed by atoms with Crippen LogP contribution in [0.5, 0.6) is 0 Å². The fourth-order valence-corrected chi connectivity index (χ4v) is 5.20. The molecule has 3 aliphatic rings. The lowest BCUT2D eigenvalue weighted by molar-refractivity contribution is -0.136. The molecule has 1 atom stereocenters. The van der Waals surface area contributed by atoms with Gasteiger partial charge in [0.1, 0.15) is 12.1 Å². The van der Waals surface area contributed by atoms with E-state index >= 15 is 0 Å². The van der Waals surface area contributed by atoms with Crippen LogP contribution in [0.4, 0.5) is 5.82 Å². The number of anilines is 1. The van der Waals surface area contributed by atoms with Crippen LogP contribution in [-0.4, -0.2) is 46.5 Å². The van der Waals surface area contributed by atoms with Crippen molar-refractivity contribution in [1.82, 2.24) is 14.9 Å². The van der Waals surface area contributed by atoms with E-state index in [1.54, 1.807) is 6.33 Å². The van der Waals surface area contributed by atoms with Crippen molar-refractivity contribution in [3.63, 3.8) is 0 Å². The van der Waals surface area contributed by atoms with Crippen LogP contribution in [0.15, 0.2) is 30.6 Å². The second-order valence-electron chi connectivity index (χ2n) is 8.76. The molecule has 5 heteroatoms. The molecule has 28 heavy (non-hydrogen) atoms. The average molecular weight is 379 g/mol. The monoisotopic (exact) mass is 378 g/mol. The van der Waals surface area contributed by atoms with Crippen LogP contribution in [0, 0.1) is 11.8 Å². The molecule has 0 spiro atoms. The molecule has 148 valence electrons. The van der Waals surface area contributed by atoms with Crippen LogP contribution in [0.1, 0.15) is 51.4 Å². The third kappa shape index (κ3) is 3.47. The van der Waals surface area contributed by atoms with Gasteiger partial charge in [0.25, 0.3) is 0 Å². The summed E-state index contributed by atoms with van der Waals surface area (Å²) < 4.78 is 0. The quantitative estimate of drug-likeness (QED) is 0.809. The number of likely N-dealkylation sites (tertiary alicyclic amines) is 1. The van der Waals surface area contributed by atoms with Crippen LogP contribution in [-0.2, 0) is 4.79 Å². The van der Waals surface area contributed by atoms with E-state index in [9.17, 15) is 4.79 Å². The molecule has 2 aliphatic heterocycles. The van der Waals surface area contributed by atoms with E-state index in [1.807, 2.05) is 6.07 Å². The number of carbonyl (C=O) groups is 1. The van der Waals surface area contributed by atoms with E-state index in [0.29, 0.717) is 23.8 Å². The van der Waals surface area contributed by atoms with Crippen LogP contribution in [0.3, 0.4) is 0 Å². The average Bonchev–Trinajstić information content (AvgIpc) is 3.60. The zero-order valence-corrected chi connectivity index (χ0v) is 16.6. The Labute approximate surface area is 167 Å². The zero-order valence-electron chi connectivity index (χ0n) is 16.6. The number of nitrogens with zero attached hydrogens (tertiary/aromatic N) is 4. The van der Waals surface area contributed by atoms with Gasteiger partial charge in [0.2, 0.25) is 5.91 Å². The molecule has 1 aliphatic carbocycles. The van der Waals surface area contributed by atoms with Crippen LogP contribution >= 0.6 is 0 Å². The smallest absolute Gasteiger partial charge is 0.225 e. The maximum atomic E-state index is 12.9. The van der Waals surface area contributed by atoms with Gasteiger partial charge in [-0.1, -0.05) is 25.0 Å². The Hall–Kier alpha value is -2.17. The Morgan fingerprint density at radius 2 is 1.71 bits per heavy atom. The molecule has 5 nitrogen and oxygen atoms in total. The number of carbonyl (C=O) groups excluding carboxylic acids is 1. The van der Waals surface area contributed by atoms with Gasteiger partial charge in [-0.25, -0.2) is 9.97 Å². The first-order valence-electron chi connectivity index (χ1n) is 11.1. The highest BCUT2D eigenvalue weighted by atomic mass is 16.2. The summed E-state index contributed by atoms with van der Waals surface area (Å²) in [5.41, 5.74) is 1.01. The second kappa shape index (κ2) is 7.69. The Morgan fingerprint density at radius 1 is 0.893 bits per heavy atom. The zero-order chi connectivity index (χ0) is 18.9. The number of aromatic nitrogens is 2. The highest BCUT2D eigenvalue weighted by Gasteiger charge is 2.39. The number of benzene rings is 1. The molecule has 2 aromatic rings. The van der Waals surface area contributed by atoms with Crippen molar-refractivity contribution >= 4 is 22.6 Å². The molecule has 0 N–H and O–H groups in total. The molecular formula is C23H30N4O. The molecular weight excluding hydrogens is 348 g/mol. The van der Waals surface area contributed by atoms with Gasteiger partial charge >= 0.3 is 0 Å². The molecule has 3 fully saturated rings. The largest absolute Gasteiger partial charge is 0.356 e. The molecule has 0 bridgehead atoms. The number of amides is 1. The Morgan fingerprint density at radius 3 is 2.54 bits per heavy atom. The summed E-state index contributed by atoms with van der Waals surface area (Å²) in [5.74, 6) is 2.49. The number of fused-ring (bicyclic) bond motifs is 1. The van der Waals surface area contributed by atoms with Crippen LogP contribution in [0.25, 0.3) is 10.9 Å². The van der Waals surface area contributed by atoms with Gasteiger partial charge in [-0.05, 0) is 56.6 Å². The van der Waals surface area contributed by atoms with Gasteiger partial charge in [-0.15, -0.1) is 0 Å². The predicted octanol–water partition coefficient (Wildman–Crippen LogP) is 4.03. The molecule has 2 saturated heterocycles. The lowest BCUT2D eigenvalue weighted by Crippen LogP contribution is -2.48. The molecule has 1 amide bonds. The fraction of sp³-hybridized carbons (Fsp3) is 0.609. The van der Waals surface area contributed by atoms with Crippen LogP contribution < -0.4 is 4.90 Å². The summed E-state index contributed by atoms with van der Waals surface area (Å²) >= 11 is 0. The first kappa shape index (κ1) is 17.9. The minimum absolute atomic E-state index is 0.341. The van der Waals surface area contributed by atoms with E-state index in [2.05, 4.69) is 38.0 Å². The summed E-state index contributed by atoms with van der Waals surface area (Å²) in [5, 5.41) is 1.14. The summed E-state index contributed by atoms with van der Waals surface area (Å²) in [6.07, 6.45) is 11.1. The molecule has 0 radical (unpaired) electrons. The van der Waals surface area contributed by atoms with E-state index in [-0.39, 0.29) is 0 Å². The van der Waals surface area contributed by atoms with E-state index < -0.39 is 0 Å². The summed E-state index contributed by atoms with van der Waals surface area (Å²) in [6.45, 7) is 3.03. The first-order chi connectivity index (χ1) is 13.8. The lowest BCUT2D eigenvalue weighted by Gasteiger charge is -2.41. The van der Waals surface area contributed by atoms with Gasteiger partial charge in [0.15, 0.2) is 0 Å². The van der Waals surface area contributed by atoms with E-state index in [0.717, 1.165) is 62.0 Å². The van der Waals surface area contributed by atoms with Gasteiger partial charge in [0.05, 0.1) is 5.52 Å². The topological polar surface area (TPSA) is 49.3 Å². The second-order valence-corrected chi connectivity index (χ2v) is 8.76. The van der Waals surface area contributed by atoms with Crippen molar-refractivity contribution in [3.8, 4) is 0 Å². The number of rotatable bonds is 3. The van der Waals surface area contributed by atoms with Crippen molar-refractivity contribution in [2.24, 2.45) is 11.8 Å². The molecule has 1 aromatic carbocycles. The highest BCUT2D eigenvalue weighted by Crippen LogP contribution is 2.37. The normalized spacial score (nSPS) is 24.4. The van der Waals surface area contributed by atoms with Gasteiger partial charge in [-0.2, -0.15) is 0 Å². The lowest BCUT2D eigenvalue weighted by atomic mass is 9.86. The maximum Gasteiger partial charge on any atom is 0.225 e. The van der Waals surface area contributed by atoms with Crippen LogP contribution in [0.2, 0.25) is 0 Å². The van der Waals surface area contributed by atoms with E-state index in [1.165, 1.54) is 25.7 Å². The minimum Gasteiger partial charge on any atom is -0.356 e. The molecule has 5 rings (SSSR count). The predicted molar refractivity (Wildman–Crippen MR) is 111 cm³/mol. The molecule has 3 heterocycles. The Kier molecular flexibility index (Phi) is 4.91. The molecule has 0 unspecified atom stereocenters. The maximum absolute atomic E-state index is 12.9. The Bertz CT molecular complexity index is 836. The number of para-hydroxylation sites is 1. The fourth-order valence-electron chi connectivity index (χ4n) is 5.20. The number of hydrogen-bond acceptors (Lipinski definition) is 4. The Balaban J connectivity index is 1.31. The van der Waals surface area contributed by atoms with Gasteiger partial charge in [-0.3, -0.25) is 4.79 Å². The van der Waals surface area contributed by atoms with Crippen molar-refractivity contribution in [1.29, 1.82) is 0 Å². The minimum atomic E-state index is 0.341. The molecule has 1 aromatic heterocycles. The SMILES string of the molecule is O=C(C1CC1)N1CCCCC[C@H]1C1CCN(c2ncnc3ccccc23)CC1. The third-order valence-corrected chi connectivity index (χ3v) is 6.91. The third-order valence-electron chi connectivity index (χ3n) is 6.91. The summed E-state index contributed by atoms with van der Waals surface area (Å²) in [7, 11) is 0. The van der Waals surface area contributed by atoms with Crippen molar-refractivity contribution in [2.45, 2.75) is 57.4 Å². The van der Waals surface area contributed by atoms with Gasteiger partial charge in [0, 0.05) is 37.0 Å². The standard InChI is InChI=1S/C23H30N4O/c28-23(18-9-10-18)27-13-5-1-2-8-21(27)17-11-14-26(15-12-17)22-19-6-3-4-7-20(19)24-16-25-22/h3-4,6-7,16-18,21H,1-2,5,8-15H2/t21-/m0/s1. The van der Waals surface area contributed by atoms with Crippen molar-refractivity contribution in [2.75, 3.05) is 24.5 Å².